The van der Waals surface area contributed by atoms with Crippen molar-refractivity contribution < 1.29 is 13.2 Å². The molecule has 1 heterocycles. The molecule has 0 saturated carbocycles. The minimum Gasteiger partial charge on any atom is -0.335 e. The van der Waals surface area contributed by atoms with Crippen LogP contribution in [0.3, 0.4) is 0 Å². The summed E-state index contributed by atoms with van der Waals surface area (Å²) in [6.45, 7) is 7.24. The molecule has 8 heteroatoms. The molecule has 1 aliphatic heterocycles. The summed E-state index contributed by atoms with van der Waals surface area (Å²) in [7, 11) is -3.61. The highest BCUT2D eigenvalue weighted by Gasteiger charge is 2.30. The number of piperazine rings is 1. The van der Waals surface area contributed by atoms with Crippen LogP contribution < -0.4 is 5.32 Å². The Hall–Kier alpha value is -2.11. The fourth-order valence-electron chi connectivity index (χ4n) is 2.43. The molecular weight excluding hydrogens is 340 g/mol. The lowest BCUT2D eigenvalue weighted by Crippen LogP contribution is -2.54. The Morgan fingerprint density at radius 2 is 1.68 bits per heavy atom. The van der Waals surface area contributed by atoms with E-state index in [1.807, 2.05) is 26.8 Å². The molecule has 2 rings (SSSR count). The van der Waals surface area contributed by atoms with E-state index in [1.165, 1.54) is 28.6 Å². The number of nitriles is 1. The summed E-state index contributed by atoms with van der Waals surface area (Å²) >= 11 is 0. The highest BCUT2D eigenvalue weighted by Crippen LogP contribution is 2.18. The van der Waals surface area contributed by atoms with Crippen LogP contribution in [-0.2, 0) is 10.0 Å². The molecule has 0 radical (unpaired) electrons. The van der Waals surface area contributed by atoms with E-state index in [0.29, 0.717) is 24.6 Å². The number of carbonyl (C=O) groups is 1. The molecule has 1 fully saturated rings. The van der Waals surface area contributed by atoms with Gasteiger partial charge in [-0.05, 0) is 37.1 Å². The first-order chi connectivity index (χ1) is 11.8. The first-order valence-electron chi connectivity index (χ1n) is 8.31. The topological polar surface area (TPSA) is 93.5 Å². The summed E-state index contributed by atoms with van der Waals surface area (Å²) in [6, 6.07) is 7.74. The van der Waals surface area contributed by atoms with Gasteiger partial charge in [-0.2, -0.15) is 9.57 Å². The van der Waals surface area contributed by atoms with Crippen LogP contribution in [0.25, 0.3) is 0 Å². The molecule has 1 saturated heterocycles. The van der Waals surface area contributed by atoms with Gasteiger partial charge in [0.15, 0.2) is 0 Å². The predicted octanol–water partition coefficient (Wildman–Crippen LogP) is 1.62. The first kappa shape index (κ1) is 19.2. The number of rotatable bonds is 4. The number of sulfonamides is 1. The molecule has 0 aliphatic carbocycles. The zero-order chi connectivity index (χ0) is 18.6. The molecule has 2 amide bonds. The molecule has 25 heavy (non-hydrogen) atoms. The van der Waals surface area contributed by atoms with Crippen LogP contribution in [0, 0.1) is 17.2 Å². The molecule has 1 aliphatic rings. The van der Waals surface area contributed by atoms with Crippen molar-refractivity contribution in [3.8, 4) is 6.07 Å². The lowest BCUT2D eigenvalue weighted by Gasteiger charge is -2.35. The highest BCUT2D eigenvalue weighted by atomic mass is 32.2. The highest BCUT2D eigenvalue weighted by molar-refractivity contribution is 7.89. The molecule has 1 unspecified atom stereocenters. The van der Waals surface area contributed by atoms with E-state index < -0.39 is 10.0 Å². The van der Waals surface area contributed by atoms with Gasteiger partial charge in [0.1, 0.15) is 0 Å². The number of amides is 2. The third-order valence-electron chi connectivity index (χ3n) is 4.50. The number of carbonyl (C=O) groups excluding carboxylic acids is 1. The van der Waals surface area contributed by atoms with E-state index >= 15 is 0 Å². The van der Waals surface area contributed by atoms with Crippen molar-refractivity contribution in [2.45, 2.75) is 31.7 Å². The van der Waals surface area contributed by atoms with Crippen LogP contribution in [0.5, 0.6) is 0 Å². The summed E-state index contributed by atoms with van der Waals surface area (Å²) in [5, 5.41) is 11.7. The van der Waals surface area contributed by atoms with Crippen molar-refractivity contribution in [3.05, 3.63) is 29.8 Å². The van der Waals surface area contributed by atoms with E-state index in [-0.39, 0.29) is 30.1 Å². The number of hydrogen-bond donors (Lipinski definition) is 1. The van der Waals surface area contributed by atoms with Crippen molar-refractivity contribution in [3.63, 3.8) is 0 Å². The molecule has 7 nitrogen and oxygen atoms in total. The fourth-order valence-corrected chi connectivity index (χ4v) is 3.86. The predicted molar refractivity (Wildman–Crippen MR) is 94.3 cm³/mol. The van der Waals surface area contributed by atoms with Gasteiger partial charge in [-0.25, -0.2) is 13.2 Å². The Balaban J connectivity index is 1.98. The van der Waals surface area contributed by atoms with Gasteiger partial charge in [0.2, 0.25) is 10.0 Å². The lowest BCUT2D eigenvalue weighted by atomic mass is 10.1. The molecule has 1 N–H and O–H groups in total. The van der Waals surface area contributed by atoms with Gasteiger partial charge >= 0.3 is 6.03 Å². The monoisotopic (exact) mass is 364 g/mol. The van der Waals surface area contributed by atoms with Gasteiger partial charge in [0.25, 0.3) is 0 Å². The van der Waals surface area contributed by atoms with E-state index in [0.717, 1.165) is 0 Å². The average molecular weight is 364 g/mol. The molecular formula is C17H24N4O3S. The summed E-state index contributed by atoms with van der Waals surface area (Å²) in [6.07, 6.45) is 0. The van der Waals surface area contributed by atoms with Crippen LogP contribution in [0.4, 0.5) is 4.79 Å². The number of hydrogen-bond acceptors (Lipinski definition) is 4. The van der Waals surface area contributed by atoms with Crippen LogP contribution in [0.15, 0.2) is 29.2 Å². The summed E-state index contributed by atoms with van der Waals surface area (Å²) in [4.78, 5) is 14.0. The Morgan fingerprint density at radius 1 is 1.12 bits per heavy atom. The van der Waals surface area contributed by atoms with Crippen molar-refractivity contribution in [1.29, 1.82) is 5.26 Å². The average Bonchev–Trinajstić information content (AvgIpc) is 2.61. The van der Waals surface area contributed by atoms with Gasteiger partial charge in [0.05, 0.1) is 16.5 Å². The molecule has 136 valence electrons. The second-order valence-electron chi connectivity index (χ2n) is 6.51. The molecule has 0 bridgehead atoms. The van der Waals surface area contributed by atoms with Crippen LogP contribution in [-0.4, -0.2) is 55.9 Å². The molecule has 1 aromatic rings. The van der Waals surface area contributed by atoms with Crippen molar-refractivity contribution in [2.24, 2.45) is 5.92 Å². The summed E-state index contributed by atoms with van der Waals surface area (Å²) < 4.78 is 26.7. The molecule has 0 aromatic heterocycles. The zero-order valence-electron chi connectivity index (χ0n) is 14.8. The Labute approximate surface area is 149 Å². The first-order valence-corrected chi connectivity index (χ1v) is 9.75. The van der Waals surface area contributed by atoms with Gasteiger partial charge in [0, 0.05) is 32.2 Å². The second kappa shape index (κ2) is 7.85. The van der Waals surface area contributed by atoms with Crippen LogP contribution in [0.2, 0.25) is 0 Å². The van der Waals surface area contributed by atoms with Crippen molar-refractivity contribution in [1.82, 2.24) is 14.5 Å². The Morgan fingerprint density at radius 3 is 2.16 bits per heavy atom. The largest absolute Gasteiger partial charge is 0.335 e. The maximum Gasteiger partial charge on any atom is 0.317 e. The number of benzene rings is 1. The normalized spacial score (nSPS) is 17.2. The maximum atomic E-state index is 12.7. The Bertz CT molecular complexity index is 745. The quantitative estimate of drug-likeness (QED) is 0.878. The lowest BCUT2D eigenvalue weighted by molar-refractivity contribution is 0.167. The Kier molecular flexibility index (Phi) is 6.03. The minimum atomic E-state index is -3.61. The second-order valence-corrected chi connectivity index (χ2v) is 8.45. The molecule has 0 spiro atoms. The number of urea groups is 1. The maximum absolute atomic E-state index is 12.7. The number of nitrogens with one attached hydrogen (secondary N) is 1. The smallest absolute Gasteiger partial charge is 0.317 e. The molecule has 1 atom stereocenters. The SMILES string of the molecule is CC(C)C(C)NC(=O)N1CCN(S(=O)(=O)c2ccc(C#N)cc2)CC1. The number of nitrogens with zero attached hydrogens (tertiary/aromatic N) is 3. The van der Waals surface area contributed by atoms with Crippen LogP contribution >= 0.6 is 0 Å². The molecule has 1 aromatic carbocycles. The van der Waals surface area contributed by atoms with Crippen molar-refractivity contribution in [2.75, 3.05) is 26.2 Å². The third kappa shape index (κ3) is 4.50. The standard InChI is InChI=1S/C17H24N4O3S/c1-13(2)14(3)19-17(22)20-8-10-21(11-9-20)25(23,24)16-6-4-15(12-18)5-7-16/h4-7,13-14H,8-11H2,1-3H3,(H,19,22). The van der Waals surface area contributed by atoms with E-state index in [2.05, 4.69) is 5.32 Å². The van der Waals surface area contributed by atoms with Gasteiger partial charge in [-0.15, -0.1) is 0 Å². The van der Waals surface area contributed by atoms with Gasteiger partial charge in [-0.1, -0.05) is 13.8 Å². The van der Waals surface area contributed by atoms with Crippen LogP contribution in [0.1, 0.15) is 26.3 Å². The summed E-state index contributed by atoms with van der Waals surface area (Å²) in [5.41, 5.74) is 0.416. The fraction of sp³-hybridized carbons (Fsp3) is 0.529. The van der Waals surface area contributed by atoms with E-state index in [4.69, 9.17) is 5.26 Å². The third-order valence-corrected chi connectivity index (χ3v) is 6.41. The minimum absolute atomic E-state index is 0.0629. The summed E-state index contributed by atoms with van der Waals surface area (Å²) in [5.74, 6) is 0.335. The van der Waals surface area contributed by atoms with E-state index in [9.17, 15) is 13.2 Å². The van der Waals surface area contributed by atoms with E-state index in [1.54, 1.807) is 4.90 Å². The van der Waals surface area contributed by atoms with Crippen molar-refractivity contribution >= 4 is 16.1 Å². The zero-order valence-corrected chi connectivity index (χ0v) is 15.6. The van der Waals surface area contributed by atoms with Gasteiger partial charge in [-0.3, -0.25) is 0 Å². The van der Waals surface area contributed by atoms with Gasteiger partial charge < -0.3 is 10.2 Å².